The van der Waals surface area contributed by atoms with Crippen molar-refractivity contribution in [2.75, 3.05) is 17.2 Å². The number of anilines is 2. The van der Waals surface area contributed by atoms with Crippen molar-refractivity contribution in [2.45, 2.75) is 6.92 Å². The molecule has 0 radical (unpaired) electrons. The monoisotopic (exact) mass is 309 g/mol. The first kappa shape index (κ1) is 14.6. The summed E-state index contributed by atoms with van der Waals surface area (Å²) in [4.78, 5) is 16.3. The second-order valence-electron chi connectivity index (χ2n) is 4.04. The largest absolute Gasteiger partial charge is 0.370 e. The van der Waals surface area contributed by atoms with E-state index in [-0.39, 0.29) is 5.91 Å². The maximum absolute atomic E-state index is 12.2. The third-order valence-corrected chi connectivity index (χ3v) is 3.11. The molecule has 0 atom stereocenters. The minimum absolute atomic E-state index is 0.293. The minimum atomic E-state index is -0.293. The van der Waals surface area contributed by atoms with E-state index in [1.54, 1.807) is 30.3 Å². The number of hydrogen-bond acceptors (Lipinski definition) is 3. The number of amides is 1. The summed E-state index contributed by atoms with van der Waals surface area (Å²) in [5.74, 6) is 0.317. The van der Waals surface area contributed by atoms with Crippen LogP contribution in [0.25, 0.3) is 0 Å². The number of aromatic nitrogens is 1. The van der Waals surface area contributed by atoms with Gasteiger partial charge in [-0.1, -0.05) is 23.2 Å². The van der Waals surface area contributed by atoms with Crippen LogP contribution >= 0.6 is 23.2 Å². The second-order valence-corrected chi connectivity index (χ2v) is 4.88. The van der Waals surface area contributed by atoms with E-state index in [9.17, 15) is 4.79 Å². The molecule has 2 rings (SSSR count). The molecule has 0 aliphatic rings. The molecule has 6 heteroatoms. The van der Waals surface area contributed by atoms with E-state index in [1.807, 2.05) is 6.92 Å². The fourth-order valence-electron chi connectivity index (χ4n) is 1.62. The zero-order chi connectivity index (χ0) is 14.5. The van der Waals surface area contributed by atoms with Crippen LogP contribution in [0.1, 0.15) is 17.3 Å². The van der Waals surface area contributed by atoms with E-state index in [1.165, 1.54) is 6.20 Å². The quantitative estimate of drug-likeness (QED) is 0.895. The molecule has 4 nitrogen and oxygen atoms in total. The highest BCUT2D eigenvalue weighted by Gasteiger charge is 2.12. The smallest absolute Gasteiger partial charge is 0.257 e. The Kier molecular flexibility index (Phi) is 4.82. The summed E-state index contributed by atoms with van der Waals surface area (Å²) in [6.45, 7) is 2.66. The summed E-state index contributed by atoms with van der Waals surface area (Å²) >= 11 is 11.8. The molecule has 0 aliphatic heterocycles. The molecule has 1 amide bonds. The van der Waals surface area contributed by atoms with Gasteiger partial charge in [-0.05, 0) is 37.3 Å². The van der Waals surface area contributed by atoms with Gasteiger partial charge in [0.05, 0.1) is 10.6 Å². The van der Waals surface area contributed by atoms with Crippen molar-refractivity contribution in [3.05, 3.63) is 52.1 Å². The molecular formula is C14H13Cl2N3O. The van der Waals surface area contributed by atoms with Crippen molar-refractivity contribution in [1.29, 1.82) is 0 Å². The summed E-state index contributed by atoms with van der Waals surface area (Å²) in [5.41, 5.74) is 1.02. The molecule has 20 heavy (non-hydrogen) atoms. The molecule has 0 saturated heterocycles. The zero-order valence-electron chi connectivity index (χ0n) is 10.8. The van der Waals surface area contributed by atoms with E-state index in [4.69, 9.17) is 23.2 Å². The number of halogens is 2. The van der Waals surface area contributed by atoms with E-state index in [0.717, 1.165) is 0 Å². The Balaban J connectivity index is 2.19. The van der Waals surface area contributed by atoms with E-state index in [2.05, 4.69) is 15.6 Å². The van der Waals surface area contributed by atoms with Gasteiger partial charge < -0.3 is 10.6 Å². The maximum atomic E-state index is 12.2. The van der Waals surface area contributed by atoms with Gasteiger partial charge in [-0.15, -0.1) is 0 Å². The van der Waals surface area contributed by atoms with Crippen molar-refractivity contribution in [2.24, 2.45) is 0 Å². The summed E-state index contributed by atoms with van der Waals surface area (Å²) in [6, 6.07) is 8.48. The first-order valence-electron chi connectivity index (χ1n) is 6.06. The summed E-state index contributed by atoms with van der Waals surface area (Å²) in [6.07, 6.45) is 1.45. The number of pyridine rings is 1. The Morgan fingerprint density at radius 2 is 1.95 bits per heavy atom. The first-order chi connectivity index (χ1) is 9.60. The van der Waals surface area contributed by atoms with Gasteiger partial charge in [0.2, 0.25) is 0 Å². The molecule has 0 aliphatic carbocycles. The predicted molar refractivity (Wildman–Crippen MR) is 82.8 cm³/mol. The summed E-state index contributed by atoms with van der Waals surface area (Å²) in [5, 5.41) is 6.71. The van der Waals surface area contributed by atoms with Gasteiger partial charge in [-0.25, -0.2) is 4.98 Å². The molecule has 0 spiro atoms. The van der Waals surface area contributed by atoms with Gasteiger partial charge in [0, 0.05) is 23.5 Å². The topological polar surface area (TPSA) is 54.0 Å². The normalized spacial score (nSPS) is 10.2. The van der Waals surface area contributed by atoms with Crippen LogP contribution in [0, 0.1) is 0 Å². The van der Waals surface area contributed by atoms with Gasteiger partial charge in [-0.2, -0.15) is 0 Å². The number of nitrogens with one attached hydrogen (secondary N) is 2. The lowest BCUT2D eigenvalue weighted by Crippen LogP contribution is -2.13. The van der Waals surface area contributed by atoms with E-state index < -0.39 is 0 Å². The number of nitrogens with zero attached hydrogens (tertiary/aromatic N) is 1. The highest BCUT2D eigenvalue weighted by Crippen LogP contribution is 2.20. The molecule has 0 saturated carbocycles. The molecule has 1 aromatic heterocycles. The number of carbonyl (C=O) groups is 1. The van der Waals surface area contributed by atoms with Crippen LogP contribution in [0.3, 0.4) is 0 Å². The van der Waals surface area contributed by atoms with Gasteiger partial charge >= 0.3 is 0 Å². The van der Waals surface area contributed by atoms with E-state index >= 15 is 0 Å². The van der Waals surface area contributed by atoms with Crippen LogP contribution in [-0.2, 0) is 0 Å². The van der Waals surface area contributed by atoms with Crippen LogP contribution in [0.5, 0.6) is 0 Å². The molecule has 1 aromatic carbocycles. The minimum Gasteiger partial charge on any atom is -0.370 e. The number of rotatable bonds is 4. The van der Waals surface area contributed by atoms with Crippen molar-refractivity contribution in [3.63, 3.8) is 0 Å². The molecule has 1 heterocycles. The average molecular weight is 310 g/mol. The third-order valence-electron chi connectivity index (χ3n) is 2.56. The van der Waals surface area contributed by atoms with Crippen molar-refractivity contribution in [1.82, 2.24) is 4.98 Å². The molecule has 2 N–H and O–H groups in total. The summed E-state index contributed by atoms with van der Waals surface area (Å²) in [7, 11) is 0. The molecule has 0 bridgehead atoms. The first-order valence-corrected chi connectivity index (χ1v) is 6.82. The van der Waals surface area contributed by atoms with Gasteiger partial charge in [0.1, 0.15) is 5.82 Å². The fourth-order valence-corrected chi connectivity index (χ4v) is 1.94. The Morgan fingerprint density at radius 3 is 2.60 bits per heavy atom. The second kappa shape index (κ2) is 6.59. The Labute approximate surface area is 127 Å². The third kappa shape index (κ3) is 3.62. The SMILES string of the molecule is CCNc1cc(C(=O)Nc2ccc(Cl)cc2)c(Cl)cn1. The standard InChI is InChI=1S/C14H13Cl2N3O/c1-2-17-13-7-11(12(16)8-18-13)14(20)19-10-5-3-9(15)4-6-10/h3-8H,2H2,1H3,(H,17,18)(H,19,20). The van der Waals surface area contributed by atoms with E-state index in [0.29, 0.717) is 33.7 Å². The summed E-state index contributed by atoms with van der Waals surface area (Å²) < 4.78 is 0. The Hall–Kier alpha value is -1.78. The fraction of sp³-hybridized carbons (Fsp3) is 0.143. The molecule has 104 valence electrons. The van der Waals surface area contributed by atoms with Crippen LogP contribution < -0.4 is 10.6 Å². The van der Waals surface area contributed by atoms with Gasteiger partial charge in [0.25, 0.3) is 5.91 Å². The number of carbonyl (C=O) groups excluding carboxylic acids is 1. The van der Waals surface area contributed by atoms with Crippen molar-refractivity contribution in [3.8, 4) is 0 Å². The van der Waals surface area contributed by atoms with Crippen LogP contribution in [0.15, 0.2) is 36.5 Å². The molecule has 2 aromatic rings. The Morgan fingerprint density at radius 1 is 1.25 bits per heavy atom. The maximum Gasteiger partial charge on any atom is 0.257 e. The van der Waals surface area contributed by atoms with Crippen molar-refractivity contribution < 1.29 is 4.79 Å². The van der Waals surface area contributed by atoms with Crippen molar-refractivity contribution >= 4 is 40.6 Å². The molecular weight excluding hydrogens is 297 g/mol. The van der Waals surface area contributed by atoms with Crippen LogP contribution in [0.4, 0.5) is 11.5 Å². The Bertz CT molecular complexity index is 614. The number of benzene rings is 1. The average Bonchev–Trinajstić information content (AvgIpc) is 2.43. The lowest BCUT2D eigenvalue weighted by Gasteiger charge is -2.09. The number of hydrogen-bond donors (Lipinski definition) is 2. The van der Waals surface area contributed by atoms with Crippen LogP contribution in [0.2, 0.25) is 10.0 Å². The van der Waals surface area contributed by atoms with Gasteiger partial charge in [0.15, 0.2) is 0 Å². The lowest BCUT2D eigenvalue weighted by molar-refractivity contribution is 0.102. The lowest BCUT2D eigenvalue weighted by atomic mass is 10.2. The molecule has 0 unspecified atom stereocenters. The van der Waals surface area contributed by atoms with Gasteiger partial charge in [-0.3, -0.25) is 4.79 Å². The van der Waals surface area contributed by atoms with Crippen LogP contribution in [-0.4, -0.2) is 17.4 Å². The highest BCUT2D eigenvalue weighted by atomic mass is 35.5. The molecule has 0 fully saturated rings. The zero-order valence-corrected chi connectivity index (χ0v) is 12.3. The highest BCUT2D eigenvalue weighted by molar-refractivity contribution is 6.34. The predicted octanol–water partition coefficient (Wildman–Crippen LogP) is 4.07.